The Labute approximate surface area is 172 Å². The number of anilines is 1. The Morgan fingerprint density at radius 1 is 1.10 bits per heavy atom. The quantitative estimate of drug-likeness (QED) is 0.573. The molecular formula is C22H32N2O5. The monoisotopic (exact) mass is 404 g/mol. The number of carbonyl (C=O) groups is 3. The van der Waals surface area contributed by atoms with E-state index in [1.807, 2.05) is 6.92 Å². The molecule has 160 valence electrons. The summed E-state index contributed by atoms with van der Waals surface area (Å²) in [5, 5.41) is 2.83. The summed E-state index contributed by atoms with van der Waals surface area (Å²) >= 11 is 0. The van der Waals surface area contributed by atoms with Crippen LogP contribution in [0.15, 0.2) is 24.3 Å². The van der Waals surface area contributed by atoms with E-state index >= 15 is 0 Å². The van der Waals surface area contributed by atoms with Crippen molar-refractivity contribution in [2.75, 3.05) is 24.7 Å². The van der Waals surface area contributed by atoms with Crippen LogP contribution in [0.1, 0.15) is 52.9 Å². The molecule has 0 bridgehead atoms. The van der Waals surface area contributed by atoms with Crippen LogP contribution in [0.4, 0.5) is 5.69 Å². The van der Waals surface area contributed by atoms with E-state index in [2.05, 4.69) is 19.2 Å². The lowest BCUT2D eigenvalue weighted by Crippen LogP contribution is -2.36. The van der Waals surface area contributed by atoms with Gasteiger partial charge >= 0.3 is 5.97 Å². The van der Waals surface area contributed by atoms with Crippen LogP contribution in [0, 0.1) is 5.92 Å². The van der Waals surface area contributed by atoms with Crippen molar-refractivity contribution in [2.24, 2.45) is 5.92 Å². The van der Waals surface area contributed by atoms with Gasteiger partial charge in [-0.3, -0.25) is 9.59 Å². The SMILES string of the molecule is CC(C)CCCC(C)NC(=O)COC(=O)COc1ccc(N2CCCC2=O)cc1. The van der Waals surface area contributed by atoms with Gasteiger partial charge in [0, 0.05) is 24.7 Å². The fourth-order valence-electron chi connectivity index (χ4n) is 3.19. The average molecular weight is 405 g/mol. The summed E-state index contributed by atoms with van der Waals surface area (Å²) in [6.45, 7) is 6.43. The van der Waals surface area contributed by atoms with Gasteiger partial charge in [-0.1, -0.05) is 26.7 Å². The van der Waals surface area contributed by atoms with E-state index in [1.54, 1.807) is 29.2 Å². The zero-order valence-electron chi connectivity index (χ0n) is 17.6. The predicted molar refractivity (Wildman–Crippen MR) is 111 cm³/mol. The molecule has 0 radical (unpaired) electrons. The topological polar surface area (TPSA) is 84.9 Å². The standard InChI is InChI=1S/C22H32N2O5/c1-16(2)6-4-7-17(3)23-20(25)14-29-22(27)15-28-19-11-9-18(10-12-19)24-13-5-8-21(24)26/h9-12,16-17H,4-8,13-15H2,1-3H3,(H,23,25). The molecule has 1 aliphatic rings. The number of carbonyl (C=O) groups excluding carboxylic acids is 3. The molecule has 1 N–H and O–H groups in total. The third-order valence-electron chi connectivity index (χ3n) is 4.77. The first kappa shape index (κ1) is 22.7. The molecule has 1 fully saturated rings. The van der Waals surface area contributed by atoms with E-state index in [9.17, 15) is 14.4 Å². The first-order valence-electron chi connectivity index (χ1n) is 10.3. The van der Waals surface area contributed by atoms with E-state index in [1.165, 1.54) is 0 Å². The van der Waals surface area contributed by atoms with E-state index < -0.39 is 5.97 Å². The second kappa shape index (κ2) is 11.4. The van der Waals surface area contributed by atoms with Gasteiger partial charge in [-0.15, -0.1) is 0 Å². The number of nitrogens with zero attached hydrogens (tertiary/aromatic N) is 1. The summed E-state index contributed by atoms with van der Waals surface area (Å²) in [5.74, 6) is 0.356. The van der Waals surface area contributed by atoms with Crippen LogP contribution in [0.5, 0.6) is 5.75 Å². The van der Waals surface area contributed by atoms with Crippen molar-refractivity contribution in [3.05, 3.63) is 24.3 Å². The average Bonchev–Trinajstić information content (AvgIpc) is 3.10. The van der Waals surface area contributed by atoms with Crippen molar-refractivity contribution >= 4 is 23.5 Å². The van der Waals surface area contributed by atoms with Crippen molar-refractivity contribution in [1.82, 2.24) is 5.32 Å². The molecule has 0 saturated carbocycles. The first-order valence-corrected chi connectivity index (χ1v) is 10.3. The highest BCUT2D eigenvalue weighted by atomic mass is 16.6. The Hall–Kier alpha value is -2.57. The molecule has 1 unspecified atom stereocenters. The molecule has 1 heterocycles. The third kappa shape index (κ3) is 8.13. The lowest BCUT2D eigenvalue weighted by Gasteiger charge is -2.16. The van der Waals surface area contributed by atoms with Gasteiger partial charge in [0.25, 0.3) is 5.91 Å². The Kier molecular flexibility index (Phi) is 8.96. The van der Waals surface area contributed by atoms with E-state index in [-0.39, 0.29) is 31.1 Å². The van der Waals surface area contributed by atoms with Gasteiger partial charge in [0.15, 0.2) is 13.2 Å². The molecular weight excluding hydrogens is 372 g/mol. The molecule has 0 aliphatic carbocycles. The summed E-state index contributed by atoms with van der Waals surface area (Å²) < 4.78 is 10.4. The van der Waals surface area contributed by atoms with Gasteiger partial charge in [-0.25, -0.2) is 4.79 Å². The molecule has 2 amide bonds. The van der Waals surface area contributed by atoms with Crippen LogP contribution in [0.3, 0.4) is 0 Å². The number of rotatable bonds is 11. The number of amides is 2. The minimum Gasteiger partial charge on any atom is -0.482 e. The van der Waals surface area contributed by atoms with Crippen molar-refractivity contribution in [2.45, 2.75) is 58.9 Å². The smallest absolute Gasteiger partial charge is 0.344 e. The number of hydrogen-bond acceptors (Lipinski definition) is 5. The minimum absolute atomic E-state index is 0.0530. The summed E-state index contributed by atoms with van der Waals surface area (Å²) in [5.41, 5.74) is 0.821. The number of benzene rings is 1. The minimum atomic E-state index is -0.605. The van der Waals surface area contributed by atoms with E-state index in [4.69, 9.17) is 9.47 Å². The van der Waals surface area contributed by atoms with Crippen molar-refractivity contribution in [3.8, 4) is 5.75 Å². The maximum atomic E-state index is 11.9. The van der Waals surface area contributed by atoms with Crippen molar-refractivity contribution in [3.63, 3.8) is 0 Å². The first-order chi connectivity index (χ1) is 13.8. The normalized spacial score (nSPS) is 14.8. The highest BCUT2D eigenvalue weighted by molar-refractivity contribution is 5.95. The molecule has 1 aromatic rings. The molecule has 1 aromatic carbocycles. The zero-order chi connectivity index (χ0) is 21.2. The second-order valence-electron chi connectivity index (χ2n) is 7.89. The van der Waals surface area contributed by atoms with Gasteiger partial charge in [0.05, 0.1) is 0 Å². The number of nitrogens with one attached hydrogen (secondary N) is 1. The van der Waals surface area contributed by atoms with Crippen LogP contribution < -0.4 is 15.0 Å². The molecule has 29 heavy (non-hydrogen) atoms. The summed E-state index contributed by atoms with van der Waals surface area (Å²) in [6.07, 6.45) is 4.53. The van der Waals surface area contributed by atoms with Crippen molar-refractivity contribution < 1.29 is 23.9 Å². The van der Waals surface area contributed by atoms with Gasteiger partial charge in [0.1, 0.15) is 5.75 Å². The van der Waals surface area contributed by atoms with Gasteiger partial charge in [-0.2, -0.15) is 0 Å². The second-order valence-corrected chi connectivity index (χ2v) is 7.89. The van der Waals surface area contributed by atoms with E-state index in [0.717, 1.165) is 37.9 Å². The Balaban J connectivity index is 1.64. The molecule has 1 aliphatic heterocycles. The van der Waals surface area contributed by atoms with Gasteiger partial charge < -0.3 is 19.7 Å². The van der Waals surface area contributed by atoms with Crippen LogP contribution in [0.2, 0.25) is 0 Å². The summed E-state index contributed by atoms with van der Waals surface area (Å²) in [7, 11) is 0. The van der Waals surface area contributed by atoms with Crippen LogP contribution in [0.25, 0.3) is 0 Å². The van der Waals surface area contributed by atoms with Gasteiger partial charge in [0.2, 0.25) is 5.91 Å². The zero-order valence-corrected chi connectivity index (χ0v) is 17.6. The lowest BCUT2D eigenvalue weighted by atomic mass is 10.0. The number of ether oxygens (including phenoxy) is 2. The molecule has 7 heteroatoms. The fourth-order valence-corrected chi connectivity index (χ4v) is 3.19. The molecule has 7 nitrogen and oxygen atoms in total. The molecule has 1 saturated heterocycles. The summed E-state index contributed by atoms with van der Waals surface area (Å²) in [6, 6.07) is 7.05. The number of hydrogen-bond donors (Lipinski definition) is 1. The van der Waals surface area contributed by atoms with E-state index in [0.29, 0.717) is 18.1 Å². The lowest BCUT2D eigenvalue weighted by molar-refractivity contribution is -0.150. The molecule has 0 spiro atoms. The molecule has 2 rings (SSSR count). The van der Waals surface area contributed by atoms with Crippen LogP contribution in [-0.4, -0.2) is 43.6 Å². The molecule has 1 atom stereocenters. The highest BCUT2D eigenvalue weighted by Crippen LogP contribution is 2.23. The Bertz CT molecular complexity index is 687. The highest BCUT2D eigenvalue weighted by Gasteiger charge is 2.21. The number of esters is 1. The Morgan fingerprint density at radius 2 is 1.83 bits per heavy atom. The van der Waals surface area contributed by atoms with Crippen LogP contribution >= 0.6 is 0 Å². The molecule has 0 aromatic heterocycles. The maximum Gasteiger partial charge on any atom is 0.344 e. The Morgan fingerprint density at radius 3 is 2.45 bits per heavy atom. The largest absolute Gasteiger partial charge is 0.482 e. The summed E-state index contributed by atoms with van der Waals surface area (Å²) in [4.78, 5) is 37.1. The van der Waals surface area contributed by atoms with Crippen LogP contribution in [-0.2, 0) is 19.1 Å². The third-order valence-corrected chi connectivity index (χ3v) is 4.77. The maximum absolute atomic E-state index is 11.9. The van der Waals surface area contributed by atoms with Gasteiger partial charge in [-0.05, 0) is 49.9 Å². The van der Waals surface area contributed by atoms with Crippen molar-refractivity contribution in [1.29, 1.82) is 0 Å². The predicted octanol–water partition coefficient (Wildman–Crippen LogP) is 3.07. The fraction of sp³-hybridized carbons (Fsp3) is 0.591.